The van der Waals surface area contributed by atoms with E-state index in [1.165, 1.54) is 6.42 Å². The van der Waals surface area contributed by atoms with Crippen LogP contribution in [-0.2, 0) is 0 Å². The molecule has 0 saturated heterocycles. The van der Waals surface area contributed by atoms with E-state index in [0.29, 0.717) is 0 Å². The number of anilines is 1. The predicted octanol–water partition coefficient (Wildman–Crippen LogP) is 0.912. The first-order chi connectivity index (χ1) is 6.84. The highest BCUT2D eigenvalue weighted by molar-refractivity contribution is 5.34. The minimum Gasteiger partial charge on any atom is -0.358 e. The number of hydrogen-bond donors (Lipinski definition) is 1. The number of nitrogens with one attached hydrogen (secondary N) is 1. The van der Waals surface area contributed by atoms with Gasteiger partial charge in [-0.3, -0.25) is 0 Å². The summed E-state index contributed by atoms with van der Waals surface area (Å²) in [5.41, 5.74) is 0. The van der Waals surface area contributed by atoms with Gasteiger partial charge in [0.25, 0.3) is 0 Å². The van der Waals surface area contributed by atoms with E-state index in [9.17, 15) is 0 Å². The lowest BCUT2D eigenvalue weighted by Gasteiger charge is -2.17. The van der Waals surface area contributed by atoms with E-state index in [2.05, 4.69) is 27.1 Å². The lowest BCUT2D eigenvalue weighted by Crippen LogP contribution is -2.29. The standard InChI is InChI=1S/C10H18N4/c1-3-5-11-7-8-14(2)10-4-6-12-9-13-10/h4,6,9,11H,3,5,7-8H2,1-2H3. The molecular formula is C10H18N4. The molecular weight excluding hydrogens is 176 g/mol. The summed E-state index contributed by atoms with van der Waals surface area (Å²) in [6, 6.07) is 1.92. The molecule has 0 amide bonds. The Morgan fingerprint density at radius 1 is 1.43 bits per heavy atom. The van der Waals surface area contributed by atoms with Crippen molar-refractivity contribution in [3.8, 4) is 0 Å². The SMILES string of the molecule is CCCNCCN(C)c1ccncn1. The Morgan fingerprint density at radius 2 is 2.29 bits per heavy atom. The molecule has 14 heavy (non-hydrogen) atoms. The average Bonchev–Trinajstić information content (AvgIpc) is 2.25. The van der Waals surface area contributed by atoms with Crippen LogP contribution in [0.15, 0.2) is 18.6 Å². The highest BCUT2D eigenvalue weighted by Crippen LogP contribution is 2.03. The van der Waals surface area contributed by atoms with Crippen LogP contribution in [-0.4, -0.2) is 36.6 Å². The first-order valence-corrected chi connectivity index (χ1v) is 5.02. The number of rotatable bonds is 6. The molecule has 1 rings (SSSR count). The lowest BCUT2D eigenvalue weighted by molar-refractivity contribution is 0.663. The maximum absolute atomic E-state index is 4.16. The summed E-state index contributed by atoms with van der Waals surface area (Å²) in [6.45, 7) is 5.21. The second kappa shape index (κ2) is 6.32. The van der Waals surface area contributed by atoms with Gasteiger partial charge in [-0.1, -0.05) is 6.92 Å². The van der Waals surface area contributed by atoms with Crippen molar-refractivity contribution >= 4 is 5.82 Å². The molecule has 0 aliphatic heterocycles. The number of aromatic nitrogens is 2. The Balaban J connectivity index is 2.25. The van der Waals surface area contributed by atoms with Gasteiger partial charge in [0.1, 0.15) is 12.1 Å². The molecule has 1 aromatic heterocycles. The fourth-order valence-corrected chi connectivity index (χ4v) is 1.17. The van der Waals surface area contributed by atoms with Gasteiger partial charge in [-0.15, -0.1) is 0 Å². The smallest absolute Gasteiger partial charge is 0.131 e. The van der Waals surface area contributed by atoms with Crippen LogP contribution in [0.2, 0.25) is 0 Å². The monoisotopic (exact) mass is 194 g/mol. The van der Waals surface area contributed by atoms with Crippen LogP contribution < -0.4 is 10.2 Å². The van der Waals surface area contributed by atoms with Crippen molar-refractivity contribution in [3.63, 3.8) is 0 Å². The van der Waals surface area contributed by atoms with E-state index in [4.69, 9.17) is 0 Å². The highest BCUT2D eigenvalue weighted by atomic mass is 15.2. The zero-order valence-electron chi connectivity index (χ0n) is 8.90. The zero-order valence-corrected chi connectivity index (χ0v) is 8.90. The summed E-state index contributed by atoms with van der Waals surface area (Å²) in [5.74, 6) is 0.971. The van der Waals surface area contributed by atoms with Crippen LogP contribution in [0.3, 0.4) is 0 Å². The van der Waals surface area contributed by atoms with E-state index < -0.39 is 0 Å². The Bertz CT molecular complexity index is 237. The minimum atomic E-state index is 0.969. The summed E-state index contributed by atoms with van der Waals surface area (Å²) in [5, 5.41) is 3.35. The first-order valence-electron chi connectivity index (χ1n) is 5.02. The molecule has 0 bridgehead atoms. The zero-order chi connectivity index (χ0) is 10.2. The summed E-state index contributed by atoms with van der Waals surface area (Å²) in [6.07, 6.45) is 4.51. The molecule has 0 spiro atoms. The van der Waals surface area contributed by atoms with Gasteiger partial charge in [-0.05, 0) is 19.0 Å². The molecule has 1 N–H and O–H groups in total. The Kier molecular flexibility index (Phi) is 4.93. The van der Waals surface area contributed by atoms with Gasteiger partial charge >= 0.3 is 0 Å². The molecule has 1 heterocycles. The second-order valence-corrected chi connectivity index (χ2v) is 3.24. The van der Waals surface area contributed by atoms with Crippen molar-refractivity contribution in [1.29, 1.82) is 0 Å². The van der Waals surface area contributed by atoms with Crippen LogP contribution in [0.25, 0.3) is 0 Å². The molecule has 0 aliphatic carbocycles. The third-order valence-electron chi connectivity index (χ3n) is 2.01. The molecule has 1 aromatic rings. The number of likely N-dealkylation sites (N-methyl/N-ethyl adjacent to an activating group) is 1. The summed E-state index contributed by atoms with van der Waals surface area (Å²) in [4.78, 5) is 10.2. The Morgan fingerprint density at radius 3 is 2.93 bits per heavy atom. The average molecular weight is 194 g/mol. The maximum atomic E-state index is 4.16. The molecule has 0 aromatic carbocycles. The molecule has 0 radical (unpaired) electrons. The summed E-state index contributed by atoms with van der Waals surface area (Å²) >= 11 is 0. The lowest BCUT2D eigenvalue weighted by atomic mass is 10.4. The van der Waals surface area contributed by atoms with Gasteiger partial charge in [-0.2, -0.15) is 0 Å². The van der Waals surface area contributed by atoms with Crippen LogP contribution in [0.5, 0.6) is 0 Å². The first kappa shape index (κ1) is 10.9. The Hall–Kier alpha value is -1.16. The summed E-state index contributed by atoms with van der Waals surface area (Å²) in [7, 11) is 2.04. The predicted molar refractivity (Wildman–Crippen MR) is 58.5 cm³/mol. The largest absolute Gasteiger partial charge is 0.358 e. The van der Waals surface area contributed by atoms with Crippen molar-refractivity contribution in [2.75, 3.05) is 31.6 Å². The van der Waals surface area contributed by atoms with Crippen molar-refractivity contribution in [3.05, 3.63) is 18.6 Å². The number of nitrogens with zero attached hydrogens (tertiary/aromatic N) is 3. The molecule has 4 nitrogen and oxygen atoms in total. The molecule has 4 heteroatoms. The molecule has 78 valence electrons. The third kappa shape index (κ3) is 3.70. The van der Waals surface area contributed by atoms with E-state index >= 15 is 0 Å². The van der Waals surface area contributed by atoms with E-state index in [1.807, 2.05) is 13.1 Å². The molecule has 0 aliphatic rings. The molecule has 0 unspecified atom stereocenters. The maximum Gasteiger partial charge on any atom is 0.131 e. The van der Waals surface area contributed by atoms with Gasteiger partial charge in [-0.25, -0.2) is 9.97 Å². The normalized spacial score (nSPS) is 10.1. The molecule has 0 saturated carbocycles. The number of hydrogen-bond acceptors (Lipinski definition) is 4. The highest BCUT2D eigenvalue weighted by Gasteiger charge is 1.99. The van der Waals surface area contributed by atoms with Crippen LogP contribution in [0.4, 0.5) is 5.82 Å². The third-order valence-corrected chi connectivity index (χ3v) is 2.01. The fourth-order valence-electron chi connectivity index (χ4n) is 1.17. The van der Waals surface area contributed by atoms with Crippen molar-refractivity contribution in [2.24, 2.45) is 0 Å². The minimum absolute atomic E-state index is 0.969. The van der Waals surface area contributed by atoms with Crippen LogP contribution in [0.1, 0.15) is 13.3 Å². The van der Waals surface area contributed by atoms with Crippen LogP contribution in [0, 0.1) is 0 Å². The van der Waals surface area contributed by atoms with Gasteiger partial charge in [0.2, 0.25) is 0 Å². The topological polar surface area (TPSA) is 41.0 Å². The van der Waals surface area contributed by atoms with Gasteiger partial charge in [0.15, 0.2) is 0 Å². The van der Waals surface area contributed by atoms with E-state index in [1.54, 1.807) is 12.5 Å². The van der Waals surface area contributed by atoms with Crippen molar-refractivity contribution in [2.45, 2.75) is 13.3 Å². The van der Waals surface area contributed by atoms with Crippen molar-refractivity contribution < 1.29 is 0 Å². The second-order valence-electron chi connectivity index (χ2n) is 3.24. The fraction of sp³-hybridized carbons (Fsp3) is 0.600. The quantitative estimate of drug-likeness (QED) is 0.683. The Labute approximate surface area is 85.4 Å². The van der Waals surface area contributed by atoms with Gasteiger partial charge in [0.05, 0.1) is 0 Å². The summed E-state index contributed by atoms with van der Waals surface area (Å²) < 4.78 is 0. The van der Waals surface area contributed by atoms with Crippen LogP contribution >= 0.6 is 0 Å². The van der Waals surface area contributed by atoms with Crippen molar-refractivity contribution in [1.82, 2.24) is 15.3 Å². The molecule has 0 atom stereocenters. The van der Waals surface area contributed by atoms with Gasteiger partial charge < -0.3 is 10.2 Å². The van der Waals surface area contributed by atoms with E-state index in [0.717, 1.165) is 25.5 Å². The molecule has 0 fully saturated rings. The van der Waals surface area contributed by atoms with Gasteiger partial charge in [0, 0.05) is 26.3 Å². The van der Waals surface area contributed by atoms with E-state index in [-0.39, 0.29) is 0 Å².